The van der Waals surface area contributed by atoms with Gasteiger partial charge in [0.1, 0.15) is 18.1 Å². The number of carbonyl (C=O) groups excluding carboxylic acids is 3. The highest BCUT2D eigenvalue weighted by molar-refractivity contribution is 7.80. The van der Waals surface area contributed by atoms with E-state index in [0.717, 1.165) is 0 Å². The third-order valence-electron chi connectivity index (χ3n) is 3.85. The summed E-state index contributed by atoms with van der Waals surface area (Å²) in [5, 5.41) is 16.5. The Morgan fingerprint density at radius 3 is 1.89 bits per heavy atom. The fraction of sp³-hybridized carbons (Fsp3) is 0.765. The Kier molecular flexibility index (Phi) is 11.0. The van der Waals surface area contributed by atoms with Crippen LogP contribution in [0.1, 0.15) is 41.0 Å². The van der Waals surface area contributed by atoms with Gasteiger partial charge in [-0.05, 0) is 25.2 Å². The maximum Gasteiger partial charge on any atom is 0.325 e. The summed E-state index contributed by atoms with van der Waals surface area (Å²) >= 11 is 3.96. The van der Waals surface area contributed by atoms with Crippen molar-refractivity contribution in [3.8, 4) is 0 Å². The maximum atomic E-state index is 12.7. The van der Waals surface area contributed by atoms with Crippen molar-refractivity contribution in [3.63, 3.8) is 0 Å². The Hall–Kier alpha value is -1.81. The number of hydrogen-bond acceptors (Lipinski definition) is 6. The fourth-order valence-corrected chi connectivity index (χ4v) is 2.38. The summed E-state index contributed by atoms with van der Waals surface area (Å²) < 4.78 is 0. The first-order chi connectivity index (χ1) is 12.4. The minimum Gasteiger partial charge on any atom is -0.480 e. The van der Waals surface area contributed by atoms with Crippen molar-refractivity contribution >= 4 is 36.3 Å². The average molecular weight is 405 g/mol. The average Bonchev–Trinajstić information content (AvgIpc) is 2.56. The number of carboxylic acids is 1. The molecule has 10 heteroatoms. The predicted molar refractivity (Wildman–Crippen MR) is 105 cm³/mol. The third kappa shape index (κ3) is 9.09. The van der Waals surface area contributed by atoms with Gasteiger partial charge in [0.05, 0.1) is 6.04 Å². The number of carbonyl (C=O) groups is 4. The van der Waals surface area contributed by atoms with Crippen LogP contribution in [0.25, 0.3) is 0 Å². The molecule has 6 N–H and O–H groups in total. The van der Waals surface area contributed by atoms with Gasteiger partial charge in [-0.3, -0.25) is 19.2 Å². The van der Waals surface area contributed by atoms with Gasteiger partial charge in [0.2, 0.25) is 17.7 Å². The molecule has 0 aromatic carbocycles. The highest BCUT2D eigenvalue weighted by Gasteiger charge is 2.31. The monoisotopic (exact) mass is 404 g/mol. The van der Waals surface area contributed by atoms with Crippen molar-refractivity contribution in [2.24, 2.45) is 17.6 Å². The molecule has 0 heterocycles. The molecule has 4 atom stereocenters. The summed E-state index contributed by atoms with van der Waals surface area (Å²) in [6, 6.07) is -3.74. The van der Waals surface area contributed by atoms with Crippen LogP contribution < -0.4 is 21.7 Å². The van der Waals surface area contributed by atoms with Gasteiger partial charge in [-0.1, -0.05) is 27.7 Å². The quantitative estimate of drug-likeness (QED) is 0.256. The van der Waals surface area contributed by atoms with E-state index in [1.54, 1.807) is 13.8 Å². The van der Waals surface area contributed by atoms with Gasteiger partial charge in [-0.15, -0.1) is 0 Å². The van der Waals surface area contributed by atoms with Gasteiger partial charge in [0, 0.05) is 5.75 Å². The number of nitrogens with one attached hydrogen (secondary N) is 3. The topological polar surface area (TPSA) is 151 Å². The zero-order valence-corrected chi connectivity index (χ0v) is 17.4. The number of amides is 3. The minimum absolute atomic E-state index is 0.0749. The summed E-state index contributed by atoms with van der Waals surface area (Å²) in [5.74, 6) is -2.85. The smallest absolute Gasteiger partial charge is 0.325 e. The normalized spacial score (nSPS) is 15.6. The van der Waals surface area contributed by atoms with E-state index in [1.807, 2.05) is 13.8 Å². The number of aliphatic carboxylic acids is 1. The molecule has 156 valence electrons. The van der Waals surface area contributed by atoms with E-state index >= 15 is 0 Å². The van der Waals surface area contributed by atoms with Crippen LogP contribution in [-0.2, 0) is 19.2 Å². The van der Waals surface area contributed by atoms with Crippen LogP contribution in [0.5, 0.6) is 0 Å². The largest absolute Gasteiger partial charge is 0.480 e. The highest BCUT2D eigenvalue weighted by Crippen LogP contribution is 2.08. The van der Waals surface area contributed by atoms with E-state index in [1.165, 1.54) is 6.92 Å². The lowest BCUT2D eigenvalue weighted by Gasteiger charge is -2.27. The van der Waals surface area contributed by atoms with Crippen LogP contribution in [0.2, 0.25) is 0 Å². The summed E-state index contributed by atoms with van der Waals surface area (Å²) in [5.41, 5.74) is 5.62. The van der Waals surface area contributed by atoms with E-state index in [0.29, 0.717) is 6.42 Å². The lowest BCUT2D eigenvalue weighted by molar-refractivity contribution is -0.142. The van der Waals surface area contributed by atoms with Crippen molar-refractivity contribution in [1.82, 2.24) is 16.0 Å². The molecule has 0 aliphatic carbocycles. The van der Waals surface area contributed by atoms with Crippen molar-refractivity contribution in [2.75, 3.05) is 5.75 Å². The standard InChI is InChI=1S/C17H32N4O5S/c1-8(2)6-12(15(23)19-10(5)17(25)26)20-16(24)13(9(3)4)21-14(22)11(18)7-27/h8-13,27H,6-7,18H2,1-5H3,(H,19,23)(H,20,24)(H,21,22)(H,25,26). The molecule has 3 amide bonds. The maximum absolute atomic E-state index is 12.7. The lowest BCUT2D eigenvalue weighted by Crippen LogP contribution is -2.58. The van der Waals surface area contributed by atoms with Crippen molar-refractivity contribution in [1.29, 1.82) is 0 Å². The SMILES string of the molecule is CC(C)CC(NC(=O)C(NC(=O)C(N)CS)C(C)C)C(=O)NC(C)C(=O)O. The Morgan fingerprint density at radius 1 is 0.926 bits per heavy atom. The van der Waals surface area contributed by atoms with E-state index < -0.39 is 47.9 Å². The van der Waals surface area contributed by atoms with Crippen molar-refractivity contribution in [2.45, 2.75) is 65.2 Å². The van der Waals surface area contributed by atoms with Crippen LogP contribution in [0.3, 0.4) is 0 Å². The van der Waals surface area contributed by atoms with Crippen LogP contribution >= 0.6 is 12.6 Å². The van der Waals surface area contributed by atoms with Crippen LogP contribution in [0, 0.1) is 11.8 Å². The van der Waals surface area contributed by atoms with Crippen LogP contribution in [-0.4, -0.2) is 58.7 Å². The molecule has 0 aliphatic rings. The Morgan fingerprint density at radius 2 is 1.48 bits per heavy atom. The first-order valence-electron chi connectivity index (χ1n) is 8.91. The molecular weight excluding hydrogens is 372 g/mol. The molecule has 9 nitrogen and oxygen atoms in total. The van der Waals surface area contributed by atoms with Crippen molar-refractivity contribution < 1.29 is 24.3 Å². The molecule has 4 unspecified atom stereocenters. The number of thiol groups is 1. The Balaban J connectivity index is 5.24. The molecule has 0 bridgehead atoms. The second-order valence-corrected chi connectivity index (χ2v) is 7.64. The minimum atomic E-state index is -1.17. The second kappa shape index (κ2) is 11.8. The van der Waals surface area contributed by atoms with Crippen molar-refractivity contribution in [3.05, 3.63) is 0 Å². The first kappa shape index (κ1) is 25.2. The van der Waals surface area contributed by atoms with Gasteiger partial charge in [-0.25, -0.2) is 0 Å². The number of carboxylic acid groups (broad SMARTS) is 1. The molecule has 0 aromatic heterocycles. The first-order valence-corrected chi connectivity index (χ1v) is 9.54. The van der Waals surface area contributed by atoms with Gasteiger partial charge >= 0.3 is 5.97 Å². The summed E-state index contributed by atoms with van der Waals surface area (Å²) in [6.07, 6.45) is 0.318. The molecule has 0 rings (SSSR count). The lowest BCUT2D eigenvalue weighted by atomic mass is 9.99. The van der Waals surface area contributed by atoms with E-state index in [9.17, 15) is 19.2 Å². The zero-order chi connectivity index (χ0) is 21.3. The van der Waals surface area contributed by atoms with Gasteiger partial charge in [-0.2, -0.15) is 12.6 Å². The fourth-order valence-electron chi connectivity index (χ4n) is 2.22. The molecular formula is C17H32N4O5S. The zero-order valence-electron chi connectivity index (χ0n) is 16.5. The van der Waals surface area contributed by atoms with Crippen LogP contribution in [0.4, 0.5) is 0 Å². The van der Waals surface area contributed by atoms with E-state index in [-0.39, 0.29) is 17.6 Å². The molecule has 0 aromatic rings. The molecule has 0 saturated carbocycles. The Bertz CT molecular complexity index is 541. The molecule has 0 radical (unpaired) electrons. The molecule has 27 heavy (non-hydrogen) atoms. The summed E-state index contributed by atoms with van der Waals surface area (Å²) in [4.78, 5) is 48.0. The van der Waals surface area contributed by atoms with Gasteiger partial charge in [0.15, 0.2) is 0 Å². The number of nitrogens with two attached hydrogens (primary N) is 1. The summed E-state index contributed by atoms with van der Waals surface area (Å²) in [7, 11) is 0. The van der Waals surface area contributed by atoms with Crippen LogP contribution in [0.15, 0.2) is 0 Å². The number of rotatable bonds is 11. The number of hydrogen-bond donors (Lipinski definition) is 6. The van der Waals surface area contributed by atoms with Gasteiger partial charge in [0.25, 0.3) is 0 Å². The van der Waals surface area contributed by atoms with Gasteiger partial charge < -0.3 is 26.8 Å². The van der Waals surface area contributed by atoms with E-state index in [2.05, 4.69) is 28.6 Å². The Labute approximate surface area is 165 Å². The molecule has 0 spiro atoms. The molecule has 0 fully saturated rings. The molecule has 0 saturated heterocycles. The van der Waals surface area contributed by atoms with E-state index in [4.69, 9.17) is 10.8 Å². The third-order valence-corrected chi connectivity index (χ3v) is 4.24. The molecule has 0 aliphatic heterocycles. The predicted octanol–water partition coefficient (Wildman–Crippen LogP) is -0.495. The highest BCUT2D eigenvalue weighted by atomic mass is 32.1. The summed E-state index contributed by atoms with van der Waals surface area (Å²) in [6.45, 7) is 8.59. The second-order valence-electron chi connectivity index (χ2n) is 7.28.